The van der Waals surface area contributed by atoms with Crippen molar-refractivity contribution in [2.24, 2.45) is 0 Å². The van der Waals surface area contributed by atoms with Gasteiger partial charge in [-0.1, -0.05) is 230 Å². The van der Waals surface area contributed by atoms with Crippen LogP contribution in [-0.2, 0) is 45.9 Å². The minimum Gasteiger partial charge on any atom is -0.744 e. The number of unbranched alkanes of at least 4 members (excludes halogenated alkanes) is 24. The average Bonchev–Trinajstić information content (AvgIpc) is 3.26. The summed E-state index contributed by atoms with van der Waals surface area (Å²) < 4.78 is 71.5. The Morgan fingerprint density at radius 1 is 0.323 bits per heavy atom. The van der Waals surface area contributed by atoms with E-state index in [-0.39, 0.29) is 47.5 Å². The quantitative estimate of drug-likeness (QED) is 0.0262. The number of hydrogen-bond acceptors (Lipinski definition) is 6. The summed E-state index contributed by atoms with van der Waals surface area (Å²) in [5.41, 5.74) is 4.39. The van der Waals surface area contributed by atoms with E-state index in [1.807, 2.05) is 24.3 Å². The Morgan fingerprint density at radius 2 is 0.554 bits per heavy atom. The van der Waals surface area contributed by atoms with Crippen molar-refractivity contribution >= 4 is 79.5 Å². The summed E-state index contributed by atoms with van der Waals surface area (Å²) in [5, 5.41) is 2.90. The molecule has 0 N–H and O–H groups in total. The third-order valence-corrected chi connectivity index (χ3v) is 14.6. The van der Waals surface area contributed by atoms with Gasteiger partial charge in [0, 0.05) is 0 Å². The standard InChI is InChI=1S/2C28H44O3S.Ca/c2*1-3-5-7-9-11-13-15-17-24-19-20-27-26(21-24)22-25(23-28(27)32(29,30)31)18-16-14-12-10-8-6-4-2;/h2*19-23H,3-18H2,1-2H3,(H,29,30,31);/q;;+2/p-2. The summed E-state index contributed by atoms with van der Waals surface area (Å²) in [5.74, 6) is 0. The molecule has 0 heterocycles. The van der Waals surface area contributed by atoms with E-state index in [0.29, 0.717) is 10.8 Å². The molecule has 0 aliphatic heterocycles. The van der Waals surface area contributed by atoms with Gasteiger partial charge in [0.2, 0.25) is 0 Å². The number of rotatable bonds is 34. The topological polar surface area (TPSA) is 114 Å². The molecular formula is C56H86CaO6S2. The number of hydrogen-bond donors (Lipinski definition) is 0. The van der Waals surface area contributed by atoms with Crippen LogP contribution in [0.1, 0.15) is 230 Å². The van der Waals surface area contributed by atoms with Crippen molar-refractivity contribution in [1.82, 2.24) is 0 Å². The van der Waals surface area contributed by atoms with Crippen LogP contribution in [0, 0.1) is 0 Å². The van der Waals surface area contributed by atoms with Crippen LogP contribution in [0.4, 0.5) is 0 Å². The van der Waals surface area contributed by atoms with Gasteiger partial charge in [0.15, 0.2) is 0 Å². The van der Waals surface area contributed by atoms with Crippen LogP contribution in [0.3, 0.4) is 0 Å². The second-order valence-corrected chi connectivity index (χ2v) is 21.4. The fraction of sp³-hybridized carbons (Fsp3) is 0.643. The fourth-order valence-corrected chi connectivity index (χ4v) is 10.5. The van der Waals surface area contributed by atoms with Crippen molar-refractivity contribution in [2.45, 2.75) is 243 Å². The van der Waals surface area contributed by atoms with Crippen LogP contribution in [-0.4, -0.2) is 63.7 Å². The van der Waals surface area contributed by atoms with Crippen molar-refractivity contribution in [3.8, 4) is 0 Å². The van der Waals surface area contributed by atoms with Gasteiger partial charge in [0.25, 0.3) is 0 Å². The SMILES string of the molecule is CCCCCCCCCc1ccc2c(S(=O)(=O)[O-])cc(CCCCCCCCC)cc2c1.CCCCCCCCCc1ccc2c(S(=O)(=O)[O-])cc(CCCCCCCCC)cc2c1.[Ca+2]. The predicted octanol–water partition coefficient (Wildman–Crippen LogP) is 16.3. The Balaban J connectivity index is 0.000000440. The zero-order valence-electron chi connectivity index (χ0n) is 41.4. The van der Waals surface area contributed by atoms with Gasteiger partial charge < -0.3 is 9.11 Å². The molecule has 0 spiro atoms. The van der Waals surface area contributed by atoms with Gasteiger partial charge in [-0.25, -0.2) is 16.8 Å². The number of aryl methyl sites for hydroxylation is 4. The van der Waals surface area contributed by atoms with Crippen molar-refractivity contribution < 1.29 is 25.9 Å². The van der Waals surface area contributed by atoms with Gasteiger partial charge in [0.1, 0.15) is 20.2 Å². The summed E-state index contributed by atoms with van der Waals surface area (Å²) in [4.78, 5) is -0.120. The van der Waals surface area contributed by atoms with Crippen molar-refractivity contribution in [2.75, 3.05) is 0 Å². The maximum absolute atomic E-state index is 11.9. The molecule has 4 aromatic carbocycles. The molecule has 0 radical (unpaired) electrons. The molecule has 0 amide bonds. The molecule has 4 aromatic rings. The maximum Gasteiger partial charge on any atom is 2.00 e. The third-order valence-electron chi connectivity index (χ3n) is 12.9. The van der Waals surface area contributed by atoms with Crippen molar-refractivity contribution in [3.05, 3.63) is 82.9 Å². The first-order valence-corrected chi connectivity index (χ1v) is 28.8. The zero-order chi connectivity index (χ0) is 46.5. The Labute approximate surface area is 427 Å². The fourth-order valence-electron chi connectivity index (χ4n) is 9.05. The monoisotopic (exact) mass is 959 g/mol. The third kappa shape index (κ3) is 24.6. The van der Waals surface area contributed by atoms with Gasteiger partial charge in [-0.3, -0.25) is 0 Å². The van der Waals surface area contributed by atoms with E-state index in [0.717, 1.165) is 86.1 Å². The van der Waals surface area contributed by atoms with Gasteiger partial charge in [-0.05, 0) is 107 Å². The van der Waals surface area contributed by atoms with E-state index in [2.05, 4.69) is 52.0 Å². The molecule has 0 aliphatic carbocycles. The molecule has 0 aromatic heterocycles. The average molecular weight is 960 g/mol. The molecule has 6 nitrogen and oxygen atoms in total. The van der Waals surface area contributed by atoms with Gasteiger partial charge in [0.05, 0.1) is 9.79 Å². The van der Waals surface area contributed by atoms with E-state index in [4.69, 9.17) is 0 Å². The molecule has 4 rings (SSSR count). The normalized spacial score (nSPS) is 11.8. The Bertz CT molecular complexity index is 1950. The van der Waals surface area contributed by atoms with Crippen LogP contribution >= 0.6 is 0 Å². The molecule has 0 saturated carbocycles. The van der Waals surface area contributed by atoms with Crippen LogP contribution in [0.15, 0.2) is 70.5 Å². The van der Waals surface area contributed by atoms with Crippen LogP contribution in [0.5, 0.6) is 0 Å². The summed E-state index contributed by atoms with van der Waals surface area (Å²) >= 11 is 0. The van der Waals surface area contributed by atoms with Crippen LogP contribution in [0.25, 0.3) is 21.5 Å². The summed E-state index contributed by atoms with van der Waals surface area (Å²) in [6, 6.07) is 19.2. The summed E-state index contributed by atoms with van der Waals surface area (Å²) in [6.45, 7) is 8.93. The minimum absolute atomic E-state index is 0. The predicted molar refractivity (Wildman–Crippen MR) is 276 cm³/mol. The smallest absolute Gasteiger partial charge is 0.744 e. The second-order valence-electron chi connectivity index (χ2n) is 18.7. The number of fused-ring (bicyclic) bond motifs is 2. The molecule has 65 heavy (non-hydrogen) atoms. The van der Waals surface area contributed by atoms with E-state index >= 15 is 0 Å². The van der Waals surface area contributed by atoms with E-state index < -0.39 is 20.2 Å². The molecule has 0 saturated heterocycles. The van der Waals surface area contributed by atoms with Crippen LogP contribution < -0.4 is 0 Å². The Kier molecular flexibility index (Phi) is 31.8. The van der Waals surface area contributed by atoms with E-state index in [1.165, 1.54) is 152 Å². The summed E-state index contributed by atoms with van der Waals surface area (Å²) in [6.07, 6.45) is 38.6. The first-order chi connectivity index (χ1) is 30.9. The molecule has 9 heteroatoms. The second kappa shape index (κ2) is 34.7. The van der Waals surface area contributed by atoms with Crippen molar-refractivity contribution in [3.63, 3.8) is 0 Å². The summed E-state index contributed by atoms with van der Waals surface area (Å²) in [7, 11) is -8.98. The maximum atomic E-state index is 11.9. The molecular weight excluding hydrogens is 873 g/mol. The van der Waals surface area contributed by atoms with Crippen LogP contribution in [0.2, 0.25) is 0 Å². The first kappa shape index (κ1) is 59.6. The van der Waals surface area contributed by atoms with Gasteiger partial charge in [-0.2, -0.15) is 0 Å². The first-order valence-electron chi connectivity index (χ1n) is 25.9. The molecule has 0 aliphatic rings. The molecule has 0 atom stereocenters. The molecule has 0 unspecified atom stereocenters. The van der Waals surface area contributed by atoms with Gasteiger partial charge in [-0.15, -0.1) is 0 Å². The van der Waals surface area contributed by atoms with E-state index in [1.54, 1.807) is 12.1 Å². The molecule has 0 fully saturated rings. The Morgan fingerprint density at radius 3 is 0.815 bits per heavy atom. The van der Waals surface area contributed by atoms with E-state index in [9.17, 15) is 25.9 Å². The number of benzene rings is 4. The largest absolute Gasteiger partial charge is 2.00 e. The molecule has 360 valence electrons. The van der Waals surface area contributed by atoms with Crippen molar-refractivity contribution in [1.29, 1.82) is 0 Å². The molecule has 0 bridgehead atoms. The minimum atomic E-state index is -4.49. The van der Waals surface area contributed by atoms with Gasteiger partial charge >= 0.3 is 37.7 Å². The zero-order valence-corrected chi connectivity index (χ0v) is 45.2. The Hall–Kier alpha value is -1.52.